The highest BCUT2D eigenvalue weighted by atomic mass is 32.2. The molecular weight excluding hydrogens is 288 g/mol. The van der Waals surface area contributed by atoms with E-state index in [2.05, 4.69) is 11.8 Å². The topological polar surface area (TPSA) is 72.6 Å². The Labute approximate surface area is 127 Å². The van der Waals surface area contributed by atoms with E-state index in [1.165, 1.54) is 0 Å². The van der Waals surface area contributed by atoms with Gasteiger partial charge in [0.1, 0.15) is 0 Å². The summed E-state index contributed by atoms with van der Waals surface area (Å²) in [6.45, 7) is 5.29. The first-order valence-electron chi connectivity index (χ1n) is 7.41. The molecule has 0 amide bonds. The minimum Gasteiger partial charge on any atom is -0.376 e. The molecule has 1 heterocycles. The van der Waals surface area contributed by atoms with Gasteiger partial charge < -0.3 is 10.5 Å². The van der Waals surface area contributed by atoms with E-state index in [1.54, 1.807) is 18.2 Å². The molecule has 6 heteroatoms. The summed E-state index contributed by atoms with van der Waals surface area (Å²) in [6.07, 6.45) is 1.18. The lowest BCUT2D eigenvalue weighted by molar-refractivity contribution is -0.0275. The van der Waals surface area contributed by atoms with Crippen molar-refractivity contribution in [2.24, 2.45) is 5.73 Å². The molecule has 0 radical (unpaired) electrons. The standard InChI is InChI=1S/C15H24N2O3S/c1-2-14-12-17(6-8-20-14)7-9-21(18,19)15-5-3-4-13(10-15)11-16/h3-5,10,14H,2,6-9,11-12,16H2,1H3. The van der Waals surface area contributed by atoms with Gasteiger partial charge >= 0.3 is 0 Å². The Hall–Kier alpha value is -0.950. The van der Waals surface area contributed by atoms with Gasteiger partial charge in [0.2, 0.25) is 0 Å². The maximum atomic E-state index is 12.4. The van der Waals surface area contributed by atoms with Crippen LogP contribution in [-0.2, 0) is 21.1 Å². The second-order valence-corrected chi connectivity index (χ2v) is 7.48. The maximum Gasteiger partial charge on any atom is 0.179 e. The van der Waals surface area contributed by atoms with Crippen LogP contribution in [0.25, 0.3) is 0 Å². The molecule has 0 spiro atoms. The Balaban J connectivity index is 1.97. The predicted molar refractivity (Wildman–Crippen MR) is 82.9 cm³/mol. The zero-order valence-electron chi connectivity index (χ0n) is 12.5. The second-order valence-electron chi connectivity index (χ2n) is 5.37. The fourth-order valence-electron chi connectivity index (χ4n) is 2.46. The molecule has 2 N–H and O–H groups in total. The summed E-state index contributed by atoms with van der Waals surface area (Å²) >= 11 is 0. The summed E-state index contributed by atoms with van der Waals surface area (Å²) in [5.41, 5.74) is 6.41. The summed E-state index contributed by atoms with van der Waals surface area (Å²) in [5, 5.41) is 0. The highest BCUT2D eigenvalue weighted by Gasteiger charge is 2.22. The fourth-order valence-corrected chi connectivity index (χ4v) is 3.81. The van der Waals surface area contributed by atoms with Crippen molar-refractivity contribution in [1.29, 1.82) is 0 Å². The van der Waals surface area contributed by atoms with Crippen LogP contribution in [-0.4, -0.2) is 51.4 Å². The van der Waals surface area contributed by atoms with Crippen LogP contribution in [0.1, 0.15) is 18.9 Å². The molecule has 2 rings (SSSR count). The summed E-state index contributed by atoms with van der Waals surface area (Å²) in [6, 6.07) is 6.90. The van der Waals surface area contributed by atoms with E-state index in [0.29, 0.717) is 24.6 Å². The first-order chi connectivity index (χ1) is 10.0. The number of hydrogen-bond donors (Lipinski definition) is 1. The molecular formula is C15H24N2O3S. The molecule has 1 aromatic rings. The lowest BCUT2D eigenvalue weighted by Crippen LogP contribution is -2.44. The number of nitrogens with two attached hydrogens (primary N) is 1. The van der Waals surface area contributed by atoms with Crippen LogP contribution in [0.2, 0.25) is 0 Å². The average Bonchev–Trinajstić information content (AvgIpc) is 2.53. The van der Waals surface area contributed by atoms with Crippen LogP contribution in [0, 0.1) is 0 Å². The van der Waals surface area contributed by atoms with E-state index in [1.807, 2.05) is 6.07 Å². The van der Waals surface area contributed by atoms with Gasteiger partial charge in [-0.05, 0) is 24.1 Å². The Morgan fingerprint density at radius 2 is 2.24 bits per heavy atom. The smallest absolute Gasteiger partial charge is 0.179 e. The SMILES string of the molecule is CCC1CN(CCS(=O)(=O)c2cccc(CN)c2)CCO1. The molecule has 1 fully saturated rings. The van der Waals surface area contributed by atoms with E-state index >= 15 is 0 Å². The van der Waals surface area contributed by atoms with Crippen LogP contribution in [0.15, 0.2) is 29.2 Å². The zero-order chi connectivity index (χ0) is 15.3. The molecule has 0 aliphatic carbocycles. The third kappa shape index (κ3) is 4.51. The number of benzene rings is 1. The molecule has 5 nitrogen and oxygen atoms in total. The predicted octanol–water partition coefficient (Wildman–Crippen LogP) is 1.03. The second kappa shape index (κ2) is 7.35. The van der Waals surface area contributed by atoms with Crippen molar-refractivity contribution >= 4 is 9.84 Å². The zero-order valence-corrected chi connectivity index (χ0v) is 13.3. The van der Waals surface area contributed by atoms with Crippen molar-refractivity contribution in [1.82, 2.24) is 4.90 Å². The molecule has 1 aliphatic heterocycles. The molecule has 1 aromatic carbocycles. The Morgan fingerprint density at radius 3 is 2.95 bits per heavy atom. The molecule has 1 saturated heterocycles. The van der Waals surface area contributed by atoms with Gasteiger partial charge in [0.25, 0.3) is 0 Å². The van der Waals surface area contributed by atoms with Gasteiger partial charge in [-0.25, -0.2) is 8.42 Å². The molecule has 0 saturated carbocycles. The van der Waals surface area contributed by atoms with Crippen molar-refractivity contribution in [2.75, 3.05) is 32.0 Å². The van der Waals surface area contributed by atoms with Gasteiger partial charge in [0, 0.05) is 26.2 Å². The third-order valence-corrected chi connectivity index (χ3v) is 5.54. The van der Waals surface area contributed by atoms with Gasteiger partial charge in [-0.3, -0.25) is 4.90 Å². The largest absolute Gasteiger partial charge is 0.376 e. The van der Waals surface area contributed by atoms with Crippen LogP contribution < -0.4 is 5.73 Å². The summed E-state index contributed by atoms with van der Waals surface area (Å²) in [4.78, 5) is 2.54. The minimum absolute atomic E-state index is 0.136. The normalized spacial score (nSPS) is 20.6. The third-order valence-electron chi connectivity index (χ3n) is 3.85. The Morgan fingerprint density at radius 1 is 1.43 bits per heavy atom. The number of nitrogens with zero attached hydrogens (tertiary/aromatic N) is 1. The van der Waals surface area contributed by atoms with Gasteiger partial charge in [-0.15, -0.1) is 0 Å². The van der Waals surface area contributed by atoms with E-state index in [4.69, 9.17) is 10.5 Å². The van der Waals surface area contributed by atoms with E-state index in [0.717, 1.165) is 25.1 Å². The molecule has 1 atom stereocenters. The van der Waals surface area contributed by atoms with Gasteiger partial charge in [-0.2, -0.15) is 0 Å². The molecule has 118 valence electrons. The molecule has 1 unspecified atom stereocenters. The van der Waals surface area contributed by atoms with Crippen molar-refractivity contribution in [2.45, 2.75) is 30.9 Å². The highest BCUT2D eigenvalue weighted by Crippen LogP contribution is 2.14. The van der Waals surface area contributed by atoms with E-state index in [9.17, 15) is 8.42 Å². The van der Waals surface area contributed by atoms with Crippen molar-refractivity contribution < 1.29 is 13.2 Å². The summed E-state index contributed by atoms with van der Waals surface area (Å²) < 4.78 is 30.4. The molecule has 0 bridgehead atoms. The first kappa shape index (κ1) is 16.4. The number of rotatable bonds is 6. The van der Waals surface area contributed by atoms with Crippen molar-refractivity contribution in [3.05, 3.63) is 29.8 Å². The minimum atomic E-state index is -3.25. The highest BCUT2D eigenvalue weighted by molar-refractivity contribution is 7.91. The van der Waals surface area contributed by atoms with Crippen molar-refractivity contribution in [3.63, 3.8) is 0 Å². The van der Waals surface area contributed by atoms with Crippen LogP contribution in [0.3, 0.4) is 0 Å². The fraction of sp³-hybridized carbons (Fsp3) is 0.600. The average molecular weight is 312 g/mol. The van der Waals surface area contributed by atoms with Crippen LogP contribution in [0.4, 0.5) is 0 Å². The van der Waals surface area contributed by atoms with E-state index < -0.39 is 9.84 Å². The molecule has 21 heavy (non-hydrogen) atoms. The first-order valence-corrected chi connectivity index (χ1v) is 9.06. The summed E-state index contributed by atoms with van der Waals surface area (Å²) in [7, 11) is -3.25. The Bertz CT molecular complexity index is 560. The maximum absolute atomic E-state index is 12.4. The summed E-state index contributed by atoms with van der Waals surface area (Å²) in [5.74, 6) is 0.136. The van der Waals surface area contributed by atoms with Crippen molar-refractivity contribution in [3.8, 4) is 0 Å². The Kier molecular flexibility index (Phi) is 5.75. The van der Waals surface area contributed by atoms with E-state index in [-0.39, 0.29) is 11.9 Å². The monoisotopic (exact) mass is 312 g/mol. The van der Waals surface area contributed by atoms with Gasteiger partial charge in [-0.1, -0.05) is 19.1 Å². The van der Waals surface area contributed by atoms with Crippen LogP contribution >= 0.6 is 0 Å². The van der Waals surface area contributed by atoms with Crippen LogP contribution in [0.5, 0.6) is 0 Å². The lowest BCUT2D eigenvalue weighted by Gasteiger charge is -2.32. The van der Waals surface area contributed by atoms with Gasteiger partial charge in [0.05, 0.1) is 23.4 Å². The quantitative estimate of drug-likeness (QED) is 0.849. The lowest BCUT2D eigenvalue weighted by atomic mass is 10.2. The number of hydrogen-bond acceptors (Lipinski definition) is 5. The number of sulfone groups is 1. The van der Waals surface area contributed by atoms with Gasteiger partial charge in [0.15, 0.2) is 9.84 Å². The molecule has 0 aromatic heterocycles. The molecule has 1 aliphatic rings. The number of ether oxygens (including phenoxy) is 1. The number of morpholine rings is 1.